The normalized spacial score (nSPS) is 10.3. The van der Waals surface area contributed by atoms with E-state index in [4.69, 9.17) is 4.74 Å². The summed E-state index contributed by atoms with van der Waals surface area (Å²) >= 11 is 0. The molecule has 1 aromatic carbocycles. The second-order valence-corrected chi connectivity index (χ2v) is 3.99. The number of aromatic nitrogens is 1. The summed E-state index contributed by atoms with van der Waals surface area (Å²) in [6.07, 6.45) is 0. The van der Waals surface area contributed by atoms with Gasteiger partial charge in [-0.15, -0.1) is 0 Å². The van der Waals surface area contributed by atoms with Gasteiger partial charge in [0, 0.05) is 29.9 Å². The van der Waals surface area contributed by atoms with Gasteiger partial charge in [0.1, 0.15) is 5.75 Å². The SMILES string of the molecule is COc1ccc2[nH]c(=O)c(CNC(C)=O)cc2c1. The van der Waals surface area contributed by atoms with Crippen LogP contribution < -0.4 is 15.6 Å². The minimum Gasteiger partial charge on any atom is -0.497 e. The summed E-state index contributed by atoms with van der Waals surface area (Å²) < 4.78 is 5.13. The Morgan fingerprint density at radius 3 is 2.83 bits per heavy atom. The Morgan fingerprint density at radius 2 is 2.17 bits per heavy atom. The summed E-state index contributed by atoms with van der Waals surface area (Å²) in [5.41, 5.74) is 1.07. The van der Waals surface area contributed by atoms with Crippen molar-refractivity contribution in [3.63, 3.8) is 0 Å². The minimum absolute atomic E-state index is 0.167. The summed E-state index contributed by atoms with van der Waals surface area (Å²) in [7, 11) is 1.59. The Bertz CT molecular complexity index is 646. The molecule has 0 radical (unpaired) electrons. The molecule has 18 heavy (non-hydrogen) atoms. The zero-order chi connectivity index (χ0) is 13.1. The lowest BCUT2D eigenvalue weighted by molar-refractivity contribution is -0.119. The van der Waals surface area contributed by atoms with Gasteiger partial charge in [-0.05, 0) is 24.3 Å². The zero-order valence-electron chi connectivity index (χ0n) is 10.2. The maximum atomic E-state index is 11.8. The van der Waals surface area contributed by atoms with E-state index in [1.54, 1.807) is 25.3 Å². The molecule has 1 amide bonds. The molecule has 2 aromatic rings. The molecule has 2 N–H and O–H groups in total. The van der Waals surface area contributed by atoms with Gasteiger partial charge >= 0.3 is 0 Å². The number of fused-ring (bicyclic) bond motifs is 1. The number of methoxy groups -OCH3 is 1. The highest BCUT2D eigenvalue weighted by Crippen LogP contribution is 2.18. The third-order valence-corrected chi connectivity index (χ3v) is 2.66. The molecule has 0 spiro atoms. The summed E-state index contributed by atoms with van der Waals surface area (Å²) in [4.78, 5) is 25.4. The van der Waals surface area contributed by atoms with Gasteiger partial charge in [-0.25, -0.2) is 0 Å². The van der Waals surface area contributed by atoms with Crippen molar-refractivity contribution >= 4 is 16.8 Å². The number of carbonyl (C=O) groups is 1. The molecule has 5 heteroatoms. The lowest BCUT2D eigenvalue weighted by Gasteiger charge is -2.05. The van der Waals surface area contributed by atoms with Gasteiger partial charge in [0.25, 0.3) is 5.56 Å². The number of H-pyrrole nitrogens is 1. The Morgan fingerprint density at radius 1 is 1.39 bits per heavy atom. The first-order valence-corrected chi connectivity index (χ1v) is 5.54. The molecule has 0 aliphatic rings. The van der Waals surface area contributed by atoms with E-state index in [0.29, 0.717) is 5.56 Å². The van der Waals surface area contributed by atoms with Gasteiger partial charge in [-0.3, -0.25) is 9.59 Å². The van der Waals surface area contributed by atoms with E-state index in [1.165, 1.54) is 6.92 Å². The summed E-state index contributed by atoms with van der Waals surface area (Å²) in [5, 5.41) is 3.48. The third kappa shape index (κ3) is 2.51. The predicted molar refractivity (Wildman–Crippen MR) is 68.6 cm³/mol. The van der Waals surface area contributed by atoms with Crippen molar-refractivity contribution in [1.82, 2.24) is 10.3 Å². The molecule has 0 bridgehead atoms. The van der Waals surface area contributed by atoms with E-state index >= 15 is 0 Å². The van der Waals surface area contributed by atoms with Crippen LogP contribution >= 0.6 is 0 Å². The van der Waals surface area contributed by atoms with Crippen LogP contribution in [0.2, 0.25) is 0 Å². The Labute approximate surface area is 104 Å². The van der Waals surface area contributed by atoms with Crippen LogP contribution in [0.5, 0.6) is 5.75 Å². The number of nitrogens with one attached hydrogen (secondary N) is 2. The summed E-state index contributed by atoms with van der Waals surface area (Å²) in [6, 6.07) is 7.17. The van der Waals surface area contributed by atoms with Crippen molar-refractivity contribution in [1.29, 1.82) is 0 Å². The highest BCUT2D eigenvalue weighted by Gasteiger charge is 2.04. The molecular weight excluding hydrogens is 232 g/mol. The van der Waals surface area contributed by atoms with Crippen molar-refractivity contribution in [3.05, 3.63) is 40.2 Å². The Kier molecular flexibility index (Phi) is 3.32. The van der Waals surface area contributed by atoms with Gasteiger partial charge in [0.05, 0.1) is 7.11 Å². The standard InChI is InChI=1S/C13H14N2O3/c1-8(16)14-7-10-5-9-6-11(18-2)3-4-12(9)15-13(10)17/h3-6H,7H2,1-2H3,(H,14,16)(H,15,17). The monoisotopic (exact) mass is 246 g/mol. The van der Waals surface area contributed by atoms with Gasteiger partial charge in [-0.2, -0.15) is 0 Å². The lowest BCUT2D eigenvalue weighted by atomic mass is 10.1. The Hall–Kier alpha value is -2.30. The largest absolute Gasteiger partial charge is 0.497 e. The van der Waals surface area contributed by atoms with Crippen molar-refractivity contribution in [2.24, 2.45) is 0 Å². The number of hydrogen-bond acceptors (Lipinski definition) is 3. The van der Waals surface area contributed by atoms with Gasteiger partial charge in [-0.1, -0.05) is 0 Å². The molecule has 0 aliphatic heterocycles. The van der Waals surface area contributed by atoms with Gasteiger partial charge in [0.15, 0.2) is 0 Å². The number of hydrogen-bond donors (Lipinski definition) is 2. The first kappa shape index (κ1) is 12.2. The maximum absolute atomic E-state index is 11.8. The van der Waals surface area contributed by atoms with Crippen molar-refractivity contribution < 1.29 is 9.53 Å². The molecule has 94 valence electrons. The van der Waals surface area contributed by atoms with Crippen LogP contribution in [0.25, 0.3) is 10.9 Å². The smallest absolute Gasteiger partial charge is 0.253 e. The lowest BCUT2D eigenvalue weighted by Crippen LogP contribution is -2.24. The number of pyridine rings is 1. The molecule has 5 nitrogen and oxygen atoms in total. The number of amides is 1. The van der Waals surface area contributed by atoms with Crippen LogP contribution in [-0.2, 0) is 11.3 Å². The predicted octanol–water partition coefficient (Wildman–Crippen LogP) is 1.17. The highest BCUT2D eigenvalue weighted by molar-refractivity contribution is 5.80. The molecule has 1 aromatic heterocycles. The van der Waals surface area contributed by atoms with E-state index in [0.717, 1.165) is 16.7 Å². The molecule has 0 unspecified atom stereocenters. The number of carbonyl (C=O) groups excluding carboxylic acids is 1. The van der Waals surface area contributed by atoms with Crippen LogP contribution in [0.4, 0.5) is 0 Å². The number of benzene rings is 1. The molecule has 2 rings (SSSR count). The fourth-order valence-electron chi connectivity index (χ4n) is 1.71. The van der Waals surface area contributed by atoms with E-state index in [2.05, 4.69) is 10.3 Å². The maximum Gasteiger partial charge on any atom is 0.253 e. The van der Waals surface area contributed by atoms with Crippen LogP contribution in [0, 0.1) is 0 Å². The summed E-state index contributed by atoms with van der Waals surface area (Å²) in [5.74, 6) is 0.556. The van der Waals surface area contributed by atoms with Crippen LogP contribution in [0.3, 0.4) is 0 Å². The molecule has 0 aliphatic carbocycles. The van der Waals surface area contributed by atoms with E-state index in [-0.39, 0.29) is 18.0 Å². The highest BCUT2D eigenvalue weighted by atomic mass is 16.5. The van der Waals surface area contributed by atoms with Gasteiger partial charge in [0.2, 0.25) is 5.91 Å². The molecule has 0 fully saturated rings. The molecular formula is C13H14N2O3. The second kappa shape index (κ2) is 4.91. The van der Waals surface area contributed by atoms with E-state index < -0.39 is 0 Å². The molecule has 0 saturated carbocycles. The zero-order valence-corrected chi connectivity index (χ0v) is 10.2. The van der Waals surface area contributed by atoms with Gasteiger partial charge < -0.3 is 15.0 Å². The fourth-order valence-corrected chi connectivity index (χ4v) is 1.71. The van der Waals surface area contributed by atoms with Crippen molar-refractivity contribution in [3.8, 4) is 5.75 Å². The topological polar surface area (TPSA) is 71.2 Å². The average Bonchev–Trinajstić information content (AvgIpc) is 2.35. The van der Waals surface area contributed by atoms with Crippen LogP contribution in [0.1, 0.15) is 12.5 Å². The van der Waals surface area contributed by atoms with Crippen LogP contribution in [0.15, 0.2) is 29.1 Å². The molecule has 0 saturated heterocycles. The quantitative estimate of drug-likeness (QED) is 0.854. The number of ether oxygens (including phenoxy) is 1. The number of rotatable bonds is 3. The minimum atomic E-state index is -0.193. The first-order valence-electron chi connectivity index (χ1n) is 5.54. The van der Waals surface area contributed by atoms with E-state index in [9.17, 15) is 9.59 Å². The third-order valence-electron chi connectivity index (χ3n) is 2.66. The summed E-state index contributed by atoms with van der Waals surface area (Å²) in [6.45, 7) is 1.64. The average molecular weight is 246 g/mol. The van der Waals surface area contributed by atoms with Crippen molar-refractivity contribution in [2.45, 2.75) is 13.5 Å². The van der Waals surface area contributed by atoms with E-state index in [1.807, 2.05) is 6.07 Å². The molecule has 1 heterocycles. The van der Waals surface area contributed by atoms with Crippen LogP contribution in [-0.4, -0.2) is 18.0 Å². The Balaban J connectivity index is 2.44. The second-order valence-electron chi connectivity index (χ2n) is 3.99. The number of aromatic amines is 1. The molecule has 0 atom stereocenters. The fraction of sp³-hybridized carbons (Fsp3) is 0.231. The first-order chi connectivity index (χ1) is 8.60. The van der Waals surface area contributed by atoms with Crippen molar-refractivity contribution in [2.75, 3.05) is 7.11 Å².